The lowest BCUT2D eigenvalue weighted by atomic mass is 9.93. The monoisotopic (exact) mass is 258 g/mol. The van der Waals surface area contributed by atoms with Crippen molar-refractivity contribution in [1.82, 2.24) is 4.98 Å². The van der Waals surface area contributed by atoms with Gasteiger partial charge in [0.25, 0.3) is 0 Å². The molecule has 5 heteroatoms. The van der Waals surface area contributed by atoms with Crippen molar-refractivity contribution >= 4 is 17.6 Å². The molecule has 2 N–H and O–H groups in total. The van der Waals surface area contributed by atoms with Gasteiger partial charge in [0.2, 0.25) is 5.91 Å². The van der Waals surface area contributed by atoms with Crippen LogP contribution in [0, 0.1) is 17.8 Å². The van der Waals surface area contributed by atoms with E-state index in [1.165, 1.54) is 12.3 Å². The number of carbonyl (C=O) groups excluding carboxylic acids is 1. The van der Waals surface area contributed by atoms with E-state index in [1.54, 1.807) is 6.07 Å². The summed E-state index contributed by atoms with van der Waals surface area (Å²) in [6.45, 7) is 0. The molecule has 2 aliphatic rings. The maximum absolute atomic E-state index is 12.2. The van der Waals surface area contributed by atoms with Gasteiger partial charge >= 0.3 is 5.97 Å². The van der Waals surface area contributed by atoms with Gasteiger partial charge in [-0.3, -0.25) is 4.79 Å². The lowest BCUT2D eigenvalue weighted by Crippen LogP contribution is -2.26. The second-order valence-corrected chi connectivity index (χ2v) is 5.11. The van der Waals surface area contributed by atoms with E-state index in [0.29, 0.717) is 17.5 Å². The van der Waals surface area contributed by atoms with Crippen LogP contribution in [0.3, 0.4) is 0 Å². The number of fused-ring (bicyclic) bond motifs is 2. The van der Waals surface area contributed by atoms with Gasteiger partial charge in [0.15, 0.2) is 0 Å². The standard InChI is InChI=1S/C14H14N2O3/c17-13(11-6-8-1-2-9(11)5-8)16-10-3-4-15-12(7-10)14(18)19/h1-4,7-9,11H,5-6H2,(H,18,19)(H,15,16,17). The number of hydrogen-bond donors (Lipinski definition) is 2. The van der Waals surface area contributed by atoms with Crippen molar-refractivity contribution in [2.45, 2.75) is 12.8 Å². The van der Waals surface area contributed by atoms with E-state index in [9.17, 15) is 9.59 Å². The molecule has 0 saturated heterocycles. The van der Waals surface area contributed by atoms with Crippen molar-refractivity contribution in [3.05, 3.63) is 36.2 Å². The molecule has 0 radical (unpaired) electrons. The third-order valence-electron chi connectivity index (χ3n) is 3.86. The van der Waals surface area contributed by atoms with Crippen molar-refractivity contribution in [2.24, 2.45) is 17.8 Å². The lowest BCUT2D eigenvalue weighted by molar-refractivity contribution is -0.120. The molecule has 2 bridgehead atoms. The van der Waals surface area contributed by atoms with E-state index >= 15 is 0 Å². The van der Waals surface area contributed by atoms with E-state index in [4.69, 9.17) is 5.11 Å². The number of nitrogens with one attached hydrogen (secondary N) is 1. The van der Waals surface area contributed by atoms with Crippen molar-refractivity contribution in [3.63, 3.8) is 0 Å². The van der Waals surface area contributed by atoms with Crippen LogP contribution in [0.5, 0.6) is 0 Å². The molecule has 1 heterocycles. The van der Waals surface area contributed by atoms with Gasteiger partial charge < -0.3 is 10.4 Å². The quantitative estimate of drug-likeness (QED) is 0.812. The highest BCUT2D eigenvalue weighted by Gasteiger charge is 2.39. The molecule has 98 valence electrons. The van der Waals surface area contributed by atoms with Gasteiger partial charge in [0, 0.05) is 17.8 Å². The molecule has 5 nitrogen and oxygen atoms in total. The summed E-state index contributed by atoms with van der Waals surface area (Å²) >= 11 is 0. The molecule has 1 saturated carbocycles. The highest BCUT2D eigenvalue weighted by Crippen LogP contribution is 2.43. The number of pyridine rings is 1. The Labute approximate surface area is 110 Å². The van der Waals surface area contributed by atoms with Gasteiger partial charge in [-0.2, -0.15) is 0 Å². The molecular weight excluding hydrogens is 244 g/mol. The van der Waals surface area contributed by atoms with E-state index < -0.39 is 5.97 Å². The zero-order valence-electron chi connectivity index (χ0n) is 10.2. The third-order valence-corrected chi connectivity index (χ3v) is 3.86. The first-order chi connectivity index (χ1) is 9.13. The number of amides is 1. The Kier molecular flexibility index (Phi) is 2.81. The van der Waals surface area contributed by atoms with Crippen LogP contribution in [0.1, 0.15) is 23.3 Å². The number of aromatic nitrogens is 1. The fourth-order valence-electron chi connectivity index (χ4n) is 2.94. The Balaban J connectivity index is 1.71. The molecule has 3 unspecified atom stereocenters. The summed E-state index contributed by atoms with van der Waals surface area (Å²) in [6.07, 6.45) is 7.65. The van der Waals surface area contributed by atoms with Crippen molar-refractivity contribution < 1.29 is 14.7 Å². The zero-order valence-corrected chi connectivity index (χ0v) is 10.2. The highest BCUT2D eigenvalue weighted by atomic mass is 16.4. The van der Waals surface area contributed by atoms with Gasteiger partial charge in [0.05, 0.1) is 0 Å². The summed E-state index contributed by atoms with van der Waals surface area (Å²) in [7, 11) is 0. The number of carbonyl (C=O) groups is 2. The van der Waals surface area contributed by atoms with Crippen LogP contribution >= 0.6 is 0 Å². The van der Waals surface area contributed by atoms with Crippen LogP contribution in [0.15, 0.2) is 30.5 Å². The second-order valence-electron chi connectivity index (χ2n) is 5.11. The number of allylic oxidation sites excluding steroid dienone is 2. The van der Waals surface area contributed by atoms with Gasteiger partial charge in [-0.1, -0.05) is 12.2 Å². The SMILES string of the molecule is O=C(O)c1cc(NC(=O)C2CC3C=CC2C3)ccn1. The van der Waals surface area contributed by atoms with E-state index in [1.807, 2.05) is 0 Å². The molecule has 0 aliphatic heterocycles. The van der Waals surface area contributed by atoms with E-state index in [2.05, 4.69) is 22.5 Å². The predicted molar refractivity (Wildman–Crippen MR) is 68.7 cm³/mol. The number of rotatable bonds is 3. The van der Waals surface area contributed by atoms with Crippen molar-refractivity contribution in [1.29, 1.82) is 0 Å². The Morgan fingerprint density at radius 1 is 1.32 bits per heavy atom. The van der Waals surface area contributed by atoms with E-state index in [0.717, 1.165) is 12.8 Å². The van der Waals surface area contributed by atoms with Crippen LogP contribution in [-0.4, -0.2) is 22.0 Å². The first-order valence-electron chi connectivity index (χ1n) is 6.32. The smallest absolute Gasteiger partial charge is 0.354 e. The molecule has 19 heavy (non-hydrogen) atoms. The summed E-state index contributed by atoms with van der Waals surface area (Å²) < 4.78 is 0. The van der Waals surface area contributed by atoms with Crippen LogP contribution in [0.2, 0.25) is 0 Å². The molecule has 1 aromatic rings. The largest absolute Gasteiger partial charge is 0.477 e. The average molecular weight is 258 g/mol. The molecule has 1 amide bonds. The Morgan fingerprint density at radius 3 is 2.79 bits per heavy atom. The number of anilines is 1. The van der Waals surface area contributed by atoms with Gasteiger partial charge in [-0.25, -0.2) is 9.78 Å². The van der Waals surface area contributed by atoms with Gasteiger partial charge in [-0.05, 0) is 36.8 Å². The summed E-state index contributed by atoms with van der Waals surface area (Å²) in [6, 6.07) is 2.98. The van der Waals surface area contributed by atoms with E-state index in [-0.39, 0.29) is 17.5 Å². The summed E-state index contributed by atoms with van der Waals surface area (Å²) in [5, 5.41) is 11.6. The number of hydrogen-bond acceptors (Lipinski definition) is 3. The number of carboxylic acid groups (broad SMARTS) is 1. The fraction of sp³-hybridized carbons (Fsp3) is 0.357. The highest BCUT2D eigenvalue weighted by molar-refractivity contribution is 5.94. The fourth-order valence-corrected chi connectivity index (χ4v) is 2.94. The minimum absolute atomic E-state index is 0.0106. The van der Waals surface area contributed by atoms with Gasteiger partial charge in [-0.15, -0.1) is 0 Å². The first-order valence-corrected chi connectivity index (χ1v) is 6.32. The third kappa shape index (κ3) is 2.23. The number of nitrogens with zero attached hydrogens (tertiary/aromatic N) is 1. The maximum atomic E-state index is 12.2. The molecule has 1 aromatic heterocycles. The van der Waals surface area contributed by atoms with Crippen molar-refractivity contribution in [3.8, 4) is 0 Å². The summed E-state index contributed by atoms with van der Waals surface area (Å²) in [5.41, 5.74) is 0.426. The second kappa shape index (κ2) is 4.50. The number of aromatic carboxylic acids is 1. The normalized spacial score (nSPS) is 27.5. The molecule has 3 atom stereocenters. The summed E-state index contributed by atoms with van der Waals surface area (Å²) in [4.78, 5) is 26.7. The zero-order chi connectivity index (χ0) is 13.4. The molecular formula is C14H14N2O3. The molecule has 3 rings (SSSR count). The molecule has 0 aromatic carbocycles. The van der Waals surface area contributed by atoms with Crippen LogP contribution in [0.25, 0.3) is 0 Å². The topological polar surface area (TPSA) is 79.3 Å². The molecule has 2 aliphatic carbocycles. The maximum Gasteiger partial charge on any atom is 0.354 e. The predicted octanol–water partition coefficient (Wildman–Crippen LogP) is 1.93. The molecule has 1 fully saturated rings. The van der Waals surface area contributed by atoms with Crippen molar-refractivity contribution in [2.75, 3.05) is 5.32 Å². The lowest BCUT2D eigenvalue weighted by Gasteiger charge is -2.17. The Bertz CT molecular complexity index is 568. The first kappa shape index (κ1) is 11.9. The van der Waals surface area contributed by atoms with Gasteiger partial charge in [0.1, 0.15) is 5.69 Å². The molecule has 0 spiro atoms. The van der Waals surface area contributed by atoms with Crippen LogP contribution < -0.4 is 5.32 Å². The Morgan fingerprint density at radius 2 is 2.16 bits per heavy atom. The number of carboxylic acids is 1. The minimum atomic E-state index is -1.10. The Hall–Kier alpha value is -2.17. The minimum Gasteiger partial charge on any atom is -0.477 e. The van der Waals surface area contributed by atoms with Crippen LogP contribution in [-0.2, 0) is 4.79 Å². The van der Waals surface area contributed by atoms with Crippen LogP contribution in [0.4, 0.5) is 5.69 Å². The average Bonchev–Trinajstić information content (AvgIpc) is 3.01. The summed E-state index contributed by atoms with van der Waals surface area (Å²) in [5.74, 6) is -0.242.